The molecule has 0 fully saturated rings. The van der Waals surface area contributed by atoms with Crippen LogP contribution in [0.2, 0.25) is 0 Å². The van der Waals surface area contributed by atoms with Crippen molar-refractivity contribution in [1.29, 1.82) is 0 Å². The van der Waals surface area contributed by atoms with Crippen molar-refractivity contribution in [2.45, 2.75) is 6.92 Å². The first-order valence-corrected chi connectivity index (χ1v) is 5.29. The van der Waals surface area contributed by atoms with Crippen LogP contribution in [0.15, 0.2) is 0 Å². The maximum Gasteiger partial charge on any atom is 0.355 e. The molecule has 0 aliphatic rings. The van der Waals surface area contributed by atoms with Gasteiger partial charge in [0.25, 0.3) is 0 Å². The summed E-state index contributed by atoms with van der Waals surface area (Å²) >= 11 is 10.4. The molecule has 0 aromatic heterocycles. The van der Waals surface area contributed by atoms with Crippen LogP contribution in [0.5, 0.6) is 0 Å². The van der Waals surface area contributed by atoms with E-state index in [0.717, 1.165) is 0 Å². The minimum absolute atomic E-state index is 0.101. The van der Waals surface area contributed by atoms with Crippen LogP contribution in [0.1, 0.15) is 6.92 Å². The summed E-state index contributed by atoms with van der Waals surface area (Å²) in [7, 11) is -1.44. The monoisotopic (exact) mass is 201 g/mol. The Labute approximate surface area is 70.7 Å². The molecule has 0 aromatic rings. The van der Waals surface area contributed by atoms with E-state index >= 15 is 0 Å². The van der Waals surface area contributed by atoms with Gasteiger partial charge in [0.1, 0.15) is 0 Å². The van der Waals surface area contributed by atoms with Crippen LogP contribution in [-0.2, 0) is 9.36 Å². The Balaban J connectivity index is 3.68. The van der Waals surface area contributed by atoms with Crippen molar-refractivity contribution in [3.63, 3.8) is 0 Å². The van der Waals surface area contributed by atoms with Crippen LogP contribution in [0, 0.1) is 5.92 Å². The average Bonchev–Trinajstić information content (AvgIpc) is 1.87. The predicted octanol–water partition coefficient (Wildman–Crippen LogP) is 2.41. The van der Waals surface area contributed by atoms with Crippen LogP contribution in [0.25, 0.3) is 0 Å². The molecule has 2 unspecified atom stereocenters. The minimum atomic E-state index is -1.44. The van der Waals surface area contributed by atoms with E-state index in [1.54, 1.807) is 6.92 Å². The molecule has 0 saturated carbocycles. The van der Waals surface area contributed by atoms with Crippen LogP contribution < -0.4 is 0 Å². The Kier molecular flexibility index (Phi) is 5.24. The third-order valence-electron chi connectivity index (χ3n) is 0.998. The van der Waals surface area contributed by atoms with Gasteiger partial charge in [0.15, 0.2) is 6.16 Å². The van der Waals surface area contributed by atoms with Gasteiger partial charge in [-0.1, -0.05) is 23.1 Å². The highest BCUT2D eigenvalue weighted by atomic mass is 35.5. The lowest BCUT2D eigenvalue weighted by Gasteiger charge is -1.93. The first-order chi connectivity index (χ1) is 4.57. The van der Waals surface area contributed by atoms with Gasteiger partial charge in [-0.05, 0) is 11.6 Å². The van der Waals surface area contributed by atoms with E-state index in [2.05, 4.69) is 0 Å². The van der Waals surface area contributed by atoms with Gasteiger partial charge in [0.2, 0.25) is 10.9 Å². The van der Waals surface area contributed by atoms with E-state index in [1.165, 1.54) is 0 Å². The van der Waals surface area contributed by atoms with Crippen molar-refractivity contribution in [2.24, 2.45) is 5.92 Å². The normalized spacial score (nSPS) is 14.5. The molecule has 0 N–H and O–H groups in total. The summed E-state index contributed by atoms with van der Waals surface area (Å²) < 4.78 is 10.7. The van der Waals surface area contributed by atoms with Crippen molar-refractivity contribution >= 4 is 36.2 Å². The van der Waals surface area contributed by atoms with Crippen molar-refractivity contribution in [3.8, 4) is 0 Å². The maximum absolute atomic E-state index is 10.7. The van der Waals surface area contributed by atoms with E-state index in [4.69, 9.17) is 23.2 Å². The lowest BCUT2D eigenvalue weighted by Crippen LogP contribution is -2.06. The molecule has 58 valence electrons. The van der Waals surface area contributed by atoms with E-state index in [9.17, 15) is 9.36 Å². The van der Waals surface area contributed by atoms with Crippen molar-refractivity contribution in [3.05, 3.63) is 0 Å². The average molecular weight is 202 g/mol. The van der Waals surface area contributed by atoms with Gasteiger partial charge in [0.05, 0.1) is 5.92 Å². The zero-order chi connectivity index (χ0) is 8.15. The van der Waals surface area contributed by atoms with Gasteiger partial charge in [-0.25, -0.2) is 0 Å². The molecule has 0 aliphatic carbocycles. The topological polar surface area (TPSA) is 34.1 Å². The predicted molar refractivity (Wildman–Crippen MR) is 43.2 cm³/mol. The molecule has 2 atom stereocenters. The summed E-state index contributed by atoms with van der Waals surface area (Å²) in [5, 5.41) is -0.450. The molecule has 10 heavy (non-hydrogen) atoms. The van der Waals surface area contributed by atoms with Gasteiger partial charge in [-0.3, -0.25) is 4.79 Å². The third kappa shape index (κ3) is 4.21. The van der Waals surface area contributed by atoms with E-state index in [1.807, 2.05) is 0 Å². The minimum Gasteiger partial charge on any atom is -0.281 e. The zero-order valence-corrected chi connectivity index (χ0v) is 7.92. The molecule has 0 amide bonds. The molecule has 2 nitrogen and oxygen atoms in total. The standard InChI is InChI=1S/C5H8Cl2O2P/c1-4(5(7)8)2-10(9)3-6/h4H,2-3H2,1H3/q+1. The fourth-order valence-electron chi connectivity index (χ4n) is 0.426. The van der Waals surface area contributed by atoms with Crippen LogP contribution in [0.4, 0.5) is 0 Å². The summed E-state index contributed by atoms with van der Waals surface area (Å²) in [5.74, 6) is -0.343. The van der Waals surface area contributed by atoms with Crippen LogP contribution in [0.3, 0.4) is 0 Å². The zero-order valence-electron chi connectivity index (χ0n) is 5.51. The molecule has 0 heterocycles. The Bertz CT molecular complexity index is 149. The van der Waals surface area contributed by atoms with Gasteiger partial charge < -0.3 is 0 Å². The SMILES string of the molecule is CC(C[P+](=O)CCl)C(=O)Cl. The number of carbonyl (C=O) groups is 1. The van der Waals surface area contributed by atoms with Gasteiger partial charge in [-0.2, -0.15) is 0 Å². The van der Waals surface area contributed by atoms with Gasteiger partial charge in [0, 0.05) is 0 Å². The maximum atomic E-state index is 10.7. The second-order valence-corrected chi connectivity index (χ2v) is 4.65. The van der Waals surface area contributed by atoms with Gasteiger partial charge >= 0.3 is 7.80 Å². The van der Waals surface area contributed by atoms with Crippen LogP contribution >= 0.6 is 31.0 Å². The van der Waals surface area contributed by atoms with E-state index in [0.29, 0.717) is 6.16 Å². The number of alkyl halides is 1. The number of halogens is 2. The largest absolute Gasteiger partial charge is 0.355 e. The lowest BCUT2D eigenvalue weighted by molar-refractivity contribution is -0.114. The molecule has 0 bridgehead atoms. The Hall–Kier alpha value is 0.350. The lowest BCUT2D eigenvalue weighted by atomic mass is 10.2. The van der Waals surface area contributed by atoms with Crippen molar-refractivity contribution in [2.75, 3.05) is 11.8 Å². The first-order valence-electron chi connectivity index (χ1n) is 2.75. The van der Waals surface area contributed by atoms with E-state index in [-0.39, 0.29) is 11.5 Å². The Morgan fingerprint density at radius 1 is 1.70 bits per heavy atom. The third-order valence-corrected chi connectivity index (χ3v) is 3.39. The summed E-state index contributed by atoms with van der Waals surface area (Å²) in [4.78, 5) is 10.4. The van der Waals surface area contributed by atoms with E-state index < -0.39 is 13.0 Å². The second-order valence-electron chi connectivity index (χ2n) is 1.99. The molecular formula is C5H8Cl2O2P+. The smallest absolute Gasteiger partial charge is 0.281 e. The Morgan fingerprint density at radius 2 is 2.20 bits per heavy atom. The van der Waals surface area contributed by atoms with Crippen molar-refractivity contribution < 1.29 is 9.36 Å². The fourth-order valence-corrected chi connectivity index (χ4v) is 1.78. The summed E-state index contributed by atoms with van der Waals surface area (Å²) in [6.07, 6.45) is 0.293. The number of hydrogen-bond donors (Lipinski definition) is 0. The highest BCUT2D eigenvalue weighted by molar-refractivity contribution is 7.46. The second kappa shape index (κ2) is 5.06. The fraction of sp³-hybridized carbons (Fsp3) is 0.800. The molecule has 5 heteroatoms. The number of hydrogen-bond acceptors (Lipinski definition) is 2. The number of rotatable bonds is 4. The highest BCUT2D eigenvalue weighted by Gasteiger charge is 2.22. The van der Waals surface area contributed by atoms with Gasteiger partial charge in [-0.15, -0.1) is 0 Å². The molecule has 0 spiro atoms. The summed E-state index contributed by atoms with van der Waals surface area (Å²) in [5.41, 5.74) is 0.101. The molecule has 0 saturated heterocycles. The molecular weight excluding hydrogens is 194 g/mol. The molecule has 0 rings (SSSR count). The first kappa shape index (κ1) is 10.3. The summed E-state index contributed by atoms with van der Waals surface area (Å²) in [6, 6.07) is 0. The molecule has 0 radical (unpaired) electrons. The Morgan fingerprint density at radius 3 is 2.50 bits per heavy atom. The van der Waals surface area contributed by atoms with Crippen molar-refractivity contribution in [1.82, 2.24) is 0 Å². The molecule has 0 aliphatic heterocycles. The quantitative estimate of drug-likeness (QED) is 0.398. The highest BCUT2D eigenvalue weighted by Crippen LogP contribution is 2.25. The number of carbonyl (C=O) groups excluding carboxylic acids is 1. The summed E-state index contributed by atoms with van der Waals surface area (Å²) in [6.45, 7) is 1.63. The molecule has 0 aromatic carbocycles. The van der Waals surface area contributed by atoms with Crippen LogP contribution in [-0.4, -0.2) is 17.0 Å².